The second-order valence-electron chi connectivity index (χ2n) is 7.74. The lowest BCUT2D eigenvalue weighted by Crippen LogP contribution is -2.35. The Morgan fingerprint density at radius 3 is 2.60 bits per heavy atom. The van der Waals surface area contributed by atoms with E-state index in [1.165, 1.54) is 25.7 Å². The number of aryl methyl sites for hydroxylation is 1. The second kappa shape index (κ2) is 5.10. The molecule has 3 heteroatoms. The number of aromatic nitrogens is 2. The van der Waals surface area contributed by atoms with Crippen molar-refractivity contribution in [2.75, 3.05) is 0 Å². The van der Waals surface area contributed by atoms with Crippen LogP contribution in [0.2, 0.25) is 0 Å². The van der Waals surface area contributed by atoms with E-state index in [2.05, 4.69) is 39.1 Å². The zero-order chi connectivity index (χ0) is 14.3. The molecule has 20 heavy (non-hydrogen) atoms. The minimum Gasteiger partial charge on any atom is -0.306 e. The van der Waals surface area contributed by atoms with E-state index in [1.807, 2.05) is 0 Å². The monoisotopic (exact) mass is 273 g/mol. The normalized spacial score (nSPS) is 29.1. The van der Waals surface area contributed by atoms with E-state index in [4.69, 9.17) is 9.97 Å². The van der Waals surface area contributed by atoms with Crippen LogP contribution >= 0.6 is 0 Å². The number of hydrogen-bond donors (Lipinski definition) is 1. The molecular formula is C17H27N3. The van der Waals surface area contributed by atoms with Crippen LogP contribution in [0, 0.1) is 18.8 Å². The summed E-state index contributed by atoms with van der Waals surface area (Å²) < 4.78 is 0. The van der Waals surface area contributed by atoms with Crippen LogP contribution in [0.3, 0.4) is 0 Å². The molecule has 3 rings (SSSR count). The number of hydrogen-bond acceptors (Lipinski definition) is 3. The van der Waals surface area contributed by atoms with Gasteiger partial charge >= 0.3 is 0 Å². The SMILES string of the molecule is Cc1cc(CNC(C)(C)C)nc(C2CC3CCC2C3)n1. The van der Waals surface area contributed by atoms with Gasteiger partial charge in [0.25, 0.3) is 0 Å². The van der Waals surface area contributed by atoms with Gasteiger partial charge in [-0.05, 0) is 64.9 Å². The smallest absolute Gasteiger partial charge is 0.132 e. The van der Waals surface area contributed by atoms with Crippen LogP contribution in [0.4, 0.5) is 0 Å². The Balaban J connectivity index is 1.77. The average Bonchev–Trinajstić information content (AvgIpc) is 2.97. The summed E-state index contributed by atoms with van der Waals surface area (Å²) in [6, 6.07) is 2.12. The van der Waals surface area contributed by atoms with Crippen molar-refractivity contribution in [3.05, 3.63) is 23.3 Å². The largest absolute Gasteiger partial charge is 0.306 e. The molecule has 1 heterocycles. The molecule has 0 aromatic carbocycles. The molecule has 3 nitrogen and oxygen atoms in total. The van der Waals surface area contributed by atoms with Crippen LogP contribution in [0.1, 0.15) is 69.6 Å². The Morgan fingerprint density at radius 1 is 1.20 bits per heavy atom. The van der Waals surface area contributed by atoms with Crippen molar-refractivity contribution in [1.82, 2.24) is 15.3 Å². The van der Waals surface area contributed by atoms with Gasteiger partial charge in [0, 0.05) is 23.7 Å². The minimum absolute atomic E-state index is 0.130. The van der Waals surface area contributed by atoms with Crippen molar-refractivity contribution in [1.29, 1.82) is 0 Å². The molecule has 0 spiro atoms. The highest BCUT2D eigenvalue weighted by molar-refractivity contribution is 5.15. The summed E-state index contributed by atoms with van der Waals surface area (Å²) in [5, 5.41) is 3.53. The lowest BCUT2D eigenvalue weighted by molar-refractivity contribution is 0.398. The van der Waals surface area contributed by atoms with Gasteiger partial charge in [-0.25, -0.2) is 9.97 Å². The first kappa shape index (κ1) is 14.0. The lowest BCUT2D eigenvalue weighted by atomic mass is 9.88. The van der Waals surface area contributed by atoms with Gasteiger partial charge in [-0.15, -0.1) is 0 Å². The van der Waals surface area contributed by atoms with Gasteiger partial charge in [-0.2, -0.15) is 0 Å². The molecule has 2 bridgehead atoms. The van der Waals surface area contributed by atoms with Crippen LogP contribution in [0.15, 0.2) is 6.07 Å². The van der Waals surface area contributed by atoms with Gasteiger partial charge in [0.05, 0.1) is 5.69 Å². The van der Waals surface area contributed by atoms with Gasteiger partial charge in [0.2, 0.25) is 0 Å². The van der Waals surface area contributed by atoms with E-state index in [1.54, 1.807) is 0 Å². The highest BCUT2D eigenvalue weighted by Gasteiger charge is 2.41. The summed E-state index contributed by atoms with van der Waals surface area (Å²) in [6.45, 7) is 9.51. The zero-order valence-corrected chi connectivity index (χ0v) is 13.2. The van der Waals surface area contributed by atoms with Gasteiger partial charge in [-0.3, -0.25) is 0 Å². The van der Waals surface area contributed by atoms with Crippen molar-refractivity contribution in [3.8, 4) is 0 Å². The van der Waals surface area contributed by atoms with Crippen molar-refractivity contribution in [2.45, 2.75) is 71.4 Å². The molecule has 2 aliphatic rings. The second-order valence-corrected chi connectivity index (χ2v) is 7.74. The summed E-state index contributed by atoms with van der Waals surface area (Å²) in [5.74, 6) is 3.54. The summed E-state index contributed by atoms with van der Waals surface area (Å²) in [7, 11) is 0. The fraction of sp³-hybridized carbons (Fsp3) is 0.765. The Bertz CT molecular complexity index is 489. The fourth-order valence-corrected chi connectivity index (χ4v) is 3.83. The first-order valence-corrected chi connectivity index (χ1v) is 8.00. The van der Waals surface area contributed by atoms with E-state index in [0.29, 0.717) is 5.92 Å². The molecule has 110 valence electrons. The Kier molecular flexibility index (Phi) is 3.57. The topological polar surface area (TPSA) is 37.8 Å². The van der Waals surface area contributed by atoms with E-state index in [-0.39, 0.29) is 5.54 Å². The minimum atomic E-state index is 0.130. The maximum Gasteiger partial charge on any atom is 0.132 e. The maximum atomic E-state index is 4.86. The molecule has 0 saturated heterocycles. The third-order valence-electron chi connectivity index (χ3n) is 4.79. The number of nitrogens with zero attached hydrogens (tertiary/aromatic N) is 2. The maximum absolute atomic E-state index is 4.86. The highest BCUT2D eigenvalue weighted by atomic mass is 15.0. The molecule has 3 atom stereocenters. The molecule has 0 amide bonds. The molecule has 3 unspecified atom stereocenters. The van der Waals surface area contributed by atoms with Crippen molar-refractivity contribution >= 4 is 0 Å². The third-order valence-corrected chi connectivity index (χ3v) is 4.79. The third kappa shape index (κ3) is 3.03. The van der Waals surface area contributed by atoms with Gasteiger partial charge < -0.3 is 5.32 Å². The van der Waals surface area contributed by atoms with Crippen LogP contribution < -0.4 is 5.32 Å². The first-order valence-electron chi connectivity index (χ1n) is 8.00. The Morgan fingerprint density at radius 2 is 2.00 bits per heavy atom. The molecule has 2 aliphatic carbocycles. The van der Waals surface area contributed by atoms with E-state index in [9.17, 15) is 0 Å². The summed E-state index contributed by atoms with van der Waals surface area (Å²) in [4.78, 5) is 9.60. The highest BCUT2D eigenvalue weighted by Crippen LogP contribution is 2.52. The molecule has 1 N–H and O–H groups in total. The Hall–Kier alpha value is -0.960. The zero-order valence-electron chi connectivity index (χ0n) is 13.2. The predicted molar refractivity (Wildman–Crippen MR) is 81.6 cm³/mol. The van der Waals surface area contributed by atoms with Crippen LogP contribution in [-0.2, 0) is 6.54 Å². The van der Waals surface area contributed by atoms with Crippen molar-refractivity contribution < 1.29 is 0 Å². The quantitative estimate of drug-likeness (QED) is 0.914. The van der Waals surface area contributed by atoms with Crippen LogP contribution in [-0.4, -0.2) is 15.5 Å². The molecule has 1 aromatic heterocycles. The summed E-state index contributed by atoms with van der Waals surface area (Å²) >= 11 is 0. The van der Waals surface area contributed by atoms with Crippen LogP contribution in [0.5, 0.6) is 0 Å². The van der Waals surface area contributed by atoms with Crippen molar-refractivity contribution in [3.63, 3.8) is 0 Å². The Labute approximate surface area is 122 Å². The predicted octanol–water partition coefficient (Wildman–Crippen LogP) is 3.58. The molecule has 2 fully saturated rings. The number of fused-ring (bicyclic) bond motifs is 2. The van der Waals surface area contributed by atoms with Crippen LogP contribution in [0.25, 0.3) is 0 Å². The number of nitrogens with one attached hydrogen (secondary N) is 1. The average molecular weight is 273 g/mol. The lowest BCUT2D eigenvalue weighted by Gasteiger charge is -2.23. The first-order chi connectivity index (χ1) is 9.40. The molecule has 0 aliphatic heterocycles. The van der Waals surface area contributed by atoms with Gasteiger partial charge in [0.15, 0.2) is 0 Å². The number of rotatable bonds is 3. The molecule has 0 radical (unpaired) electrons. The molecular weight excluding hydrogens is 246 g/mol. The summed E-state index contributed by atoms with van der Waals surface area (Å²) in [5.41, 5.74) is 2.39. The van der Waals surface area contributed by atoms with E-state index < -0.39 is 0 Å². The standard InChI is InChI=1S/C17H27N3/c1-11-7-14(10-18-17(2,3)4)20-16(19-11)15-9-12-5-6-13(15)8-12/h7,12-13,15,18H,5-6,8-10H2,1-4H3. The van der Waals surface area contributed by atoms with Crippen molar-refractivity contribution in [2.24, 2.45) is 11.8 Å². The van der Waals surface area contributed by atoms with E-state index >= 15 is 0 Å². The van der Waals surface area contributed by atoms with Gasteiger partial charge in [0.1, 0.15) is 5.82 Å². The molecule has 1 aromatic rings. The molecule has 2 saturated carbocycles. The van der Waals surface area contributed by atoms with Gasteiger partial charge in [-0.1, -0.05) is 6.42 Å². The summed E-state index contributed by atoms with van der Waals surface area (Å²) in [6.07, 6.45) is 5.56. The van der Waals surface area contributed by atoms with E-state index in [0.717, 1.165) is 35.6 Å². The fourth-order valence-electron chi connectivity index (χ4n) is 3.83.